The summed E-state index contributed by atoms with van der Waals surface area (Å²) >= 11 is 0. The maximum atomic E-state index is 13.5. The second kappa shape index (κ2) is 9.38. The summed E-state index contributed by atoms with van der Waals surface area (Å²) in [6.45, 7) is 4.13. The number of rotatable bonds is 7. The summed E-state index contributed by atoms with van der Waals surface area (Å²) in [5, 5.41) is 3.91. The van der Waals surface area contributed by atoms with E-state index in [-0.39, 0.29) is 22.4 Å². The molecule has 0 bridgehead atoms. The predicted octanol–water partition coefficient (Wildman–Crippen LogP) is 5.21. The number of aryl methyl sites for hydroxylation is 2. The summed E-state index contributed by atoms with van der Waals surface area (Å²) in [5.74, 6) is 0.120. The molecular formula is C26H22FN5O3S. The predicted molar refractivity (Wildman–Crippen MR) is 133 cm³/mol. The number of imidazole rings is 1. The van der Waals surface area contributed by atoms with Crippen LogP contribution < -0.4 is 4.72 Å². The molecule has 3 aromatic carbocycles. The highest BCUT2D eigenvalue weighted by Gasteiger charge is 2.17. The van der Waals surface area contributed by atoms with Crippen LogP contribution in [0.3, 0.4) is 0 Å². The SMILES string of the molecule is Cc1ccc(C)c(S(=O)(=O)Nc2ccc(Cn3cnc(-c4nc(-c5cccc(F)c5)no4)c3)cc2)c1. The Labute approximate surface area is 207 Å². The van der Waals surface area contributed by atoms with E-state index in [1.165, 1.54) is 12.1 Å². The van der Waals surface area contributed by atoms with E-state index in [1.807, 2.05) is 29.7 Å². The van der Waals surface area contributed by atoms with Crippen molar-refractivity contribution in [1.82, 2.24) is 19.7 Å². The van der Waals surface area contributed by atoms with Gasteiger partial charge in [0.15, 0.2) is 0 Å². The van der Waals surface area contributed by atoms with Crippen molar-refractivity contribution in [2.75, 3.05) is 4.72 Å². The van der Waals surface area contributed by atoms with Gasteiger partial charge in [-0.05, 0) is 60.9 Å². The Balaban J connectivity index is 1.27. The normalized spacial score (nSPS) is 11.5. The van der Waals surface area contributed by atoms with Crippen LogP contribution in [0, 0.1) is 19.7 Å². The first kappa shape index (κ1) is 23.4. The molecule has 0 aliphatic heterocycles. The van der Waals surface area contributed by atoms with E-state index in [1.54, 1.807) is 55.8 Å². The Morgan fingerprint density at radius 3 is 2.61 bits per heavy atom. The van der Waals surface area contributed by atoms with Crippen molar-refractivity contribution in [2.24, 2.45) is 0 Å². The van der Waals surface area contributed by atoms with Gasteiger partial charge in [-0.25, -0.2) is 17.8 Å². The highest BCUT2D eigenvalue weighted by Crippen LogP contribution is 2.23. The molecule has 0 atom stereocenters. The minimum Gasteiger partial charge on any atom is -0.332 e. The number of sulfonamides is 1. The van der Waals surface area contributed by atoms with Crippen LogP contribution in [-0.2, 0) is 16.6 Å². The monoisotopic (exact) mass is 503 g/mol. The molecule has 2 aromatic heterocycles. The van der Waals surface area contributed by atoms with Gasteiger partial charge in [-0.1, -0.05) is 41.6 Å². The maximum Gasteiger partial charge on any atom is 0.278 e. The van der Waals surface area contributed by atoms with Crippen LogP contribution in [0.4, 0.5) is 10.1 Å². The Kier molecular flexibility index (Phi) is 6.11. The van der Waals surface area contributed by atoms with E-state index >= 15 is 0 Å². The van der Waals surface area contributed by atoms with Crippen LogP contribution in [0.25, 0.3) is 23.0 Å². The van der Waals surface area contributed by atoms with E-state index in [2.05, 4.69) is 19.8 Å². The summed E-state index contributed by atoms with van der Waals surface area (Å²) in [4.78, 5) is 8.90. The van der Waals surface area contributed by atoms with Gasteiger partial charge in [0.05, 0.1) is 11.2 Å². The molecule has 0 saturated carbocycles. The molecule has 5 aromatic rings. The average Bonchev–Trinajstić information content (AvgIpc) is 3.52. The highest BCUT2D eigenvalue weighted by atomic mass is 32.2. The van der Waals surface area contributed by atoms with E-state index in [4.69, 9.17) is 4.52 Å². The number of hydrogen-bond donors (Lipinski definition) is 1. The fourth-order valence-electron chi connectivity index (χ4n) is 3.73. The summed E-state index contributed by atoms with van der Waals surface area (Å²) in [6.07, 6.45) is 3.40. The fraction of sp³-hybridized carbons (Fsp3) is 0.115. The minimum atomic E-state index is -3.70. The molecule has 182 valence electrons. The minimum absolute atomic E-state index is 0.226. The lowest BCUT2D eigenvalue weighted by Gasteiger charge is -2.12. The largest absolute Gasteiger partial charge is 0.332 e. The molecule has 8 nitrogen and oxygen atoms in total. The third-order valence-electron chi connectivity index (χ3n) is 5.57. The second-order valence-corrected chi connectivity index (χ2v) is 10.1. The Bertz CT molecular complexity index is 1640. The lowest BCUT2D eigenvalue weighted by Crippen LogP contribution is -2.14. The number of halogens is 1. The Morgan fingerprint density at radius 1 is 1.03 bits per heavy atom. The third kappa shape index (κ3) is 5.03. The zero-order valence-corrected chi connectivity index (χ0v) is 20.3. The molecule has 0 saturated heterocycles. The van der Waals surface area contributed by atoms with Crippen LogP contribution in [0.5, 0.6) is 0 Å². The number of benzene rings is 3. The lowest BCUT2D eigenvalue weighted by molar-refractivity contribution is 0.431. The molecule has 1 N–H and O–H groups in total. The molecule has 2 heterocycles. The Hall–Kier alpha value is -4.31. The van der Waals surface area contributed by atoms with E-state index in [0.29, 0.717) is 29.1 Å². The van der Waals surface area contributed by atoms with Gasteiger partial charge in [-0.2, -0.15) is 4.98 Å². The van der Waals surface area contributed by atoms with Crippen molar-refractivity contribution in [2.45, 2.75) is 25.3 Å². The van der Waals surface area contributed by atoms with Crippen LogP contribution >= 0.6 is 0 Å². The van der Waals surface area contributed by atoms with Gasteiger partial charge in [0.2, 0.25) is 5.82 Å². The average molecular weight is 504 g/mol. The van der Waals surface area contributed by atoms with Gasteiger partial charge in [0.25, 0.3) is 15.9 Å². The quantitative estimate of drug-likeness (QED) is 0.327. The summed E-state index contributed by atoms with van der Waals surface area (Å²) in [7, 11) is -3.70. The first-order valence-electron chi connectivity index (χ1n) is 11.1. The summed E-state index contributed by atoms with van der Waals surface area (Å²) in [5.41, 5.74) is 3.98. The number of aromatic nitrogens is 4. The fourth-order valence-corrected chi connectivity index (χ4v) is 5.11. The molecule has 0 aliphatic rings. The van der Waals surface area contributed by atoms with Gasteiger partial charge in [-0.3, -0.25) is 4.72 Å². The van der Waals surface area contributed by atoms with Crippen LogP contribution in [0.1, 0.15) is 16.7 Å². The molecule has 0 spiro atoms. The number of nitrogens with one attached hydrogen (secondary N) is 1. The zero-order valence-electron chi connectivity index (χ0n) is 19.5. The van der Waals surface area contributed by atoms with Crippen molar-refractivity contribution in [3.8, 4) is 23.0 Å². The van der Waals surface area contributed by atoms with Crippen LogP contribution in [0.2, 0.25) is 0 Å². The molecule has 10 heteroatoms. The molecule has 0 radical (unpaired) electrons. The number of anilines is 1. The van der Waals surface area contributed by atoms with Crippen molar-refractivity contribution in [3.63, 3.8) is 0 Å². The standard InChI is InChI=1S/C26H22FN5O3S/c1-17-6-7-18(2)24(12-17)36(33,34)31-22-10-8-19(9-11-22)14-32-15-23(28-16-32)26-29-25(30-35-26)20-4-3-5-21(27)13-20/h3-13,15-16,31H,14H2,1-2H3. The second-order valence-electron chi connectivity index (χ2n) is 8.44. The third-order valence-corrected chi connectivity index (χ3v) is 7.09. The van der Waals surface area contributed by atoms with Crippen molar-refractivity contribution in [1.29, 1.82) is 0 Å². The Morgan fingerprint density at radius 2 is 1.83 bits per heavy atom. The summed E-state index contributed by atoms with van der Waals surface area (Å²) in [6, 6.07) is 18.4. The molecule has 0 fully saturated rings. The lowest BCUT2D eigenvalue weighted by atomic mass is 10.2. The van der Waals surface area contributed by atoms with Gasteiger partial charge >= 0.3 is 0 Å². The van der Waals surface area contributed by atoms with Gasteiger partial charge in [0.1, 0.15) is 11.5 Å². The van der Waals surface area contributed by atoms with E-state index in [0.717, 1.165) is 11.1 Å². The molecule has 0 amide bonds. The highest BCUT2D eigenvalue weighted by molar-refractivity contribution is 7.92. The van der Waals surface area contributed by atoms with Crippen molar-refractivity contribution < 1.29 is 17.3 Å². The van der Waals surface area contributed by atoms with Crippen LogP contribution in [-0.4, -0.2) is 28.1 Å². The molecular weight excluding hydrogens is 481 g/mol. The zero-order chi connectivity index (χ0) is 25.3. The molecule has 5 rings (SSSR count). The van der Waals surface area contributed by atoms with E-state index in [9.17, 15) is 12.8 Å². The first-order chi connectivity index (χ1) is 17.3. The van der Waals surface area contributed by atoms with Crippen molar-refractivity contribution in [3.05, 3.63) is 102 Å². The molecule has 0 unspecified atom stereocenters. The topological polar surface area (TPSA) is 103 Å². The number of nitrogens with zero attached hydrogens (tertiary/aromatic N) is 4. The van der Waals surface area contributed by atoms with Gasteiger partial charge in [0, 0.05) is 24.0 Å². The first-order valence-corrected chi connectivity index (χ1v) is 12.6. The van der Waals surface area contributed by atoms with Crippen LogP contribution in [0.15, 0.2) is 88.7 Å². The smallest absolute Gasteiger partial charge is 0.278 e. The van der Waals surface area contributed by atoms with Gasteiger partial charge < -0.3 is 9.09 Å². The number of hydrogen-bond acceptors (Lipinski definition) is 6. The summed E-state index contributed by atoms with van der Waals surface area (Å²) < 4.78 is 48.9. The molecule has 0 aliphatic carbocycles. The maximum absolute atomic E-state index is 13.5. The van der Waals surface area contributed by atoms with Crippen molar-refractivity contribution >= 4 is 15.7 Å². The molecule has 36 heavy (non-hydrogen) atoms. The van der Waals surface area contributed by atoms with Gasteiger partial charge in [-0.15, -0.1) is 0 Å². The van der Waals surface area contributed by atoms with E-state index < -0.39 is 10.0 Å².